The number of halogens is 1. The minimum absolute atomic E-state index is 0. The fourth-order valence-electron chi connectivity index (χ4n) is 2.24. The van der Waals surface area contributed by atoms with Crippen LogP contribution in [0.1, 0.15) is 13.8 Å². The van der Waals surface area contributed by atoms with E-state index >= 15 is 0 Å². The molecule has 0 aromatic rings. The van der Waals surface area contributed by atoms with Crippen molar-refractivity contribution in [3.05, 3.63) is 0 Å². The molecule has 1 unspecified atom stereocenters. The molecule has 2 fully saturated rings. The molecule has 1 saturated heterocycles. The molecule has 0 aromatic heterocycles. The average Bonchev–Trinajstić information content (AvgIpc) is 2.54. The van der Waals surface area contributed by atoms with Crippen LogP contribution in [0.3, 0.4) is 0 Å². The second-order valence-corrected chi connectivity index (χ2v) is 5.22. The van der Waals surface area contributed by atoms with Crippen LogP contribution in [0.4, 0.5) is 0 Å². The highest BCUT2D eigenvalue weighted by atomic mass is 35.5. The van der Waals surface area contributed by atoms with E-state index in [0.29, 0.717) is 18.4 Å². The Hall–Kier alpha value is -0.320. The van der Waals surface area contributed by atoms with E-state index in [-0.39, 0.29) is 29.8 Å². The highest BCUT2D eigenvalue weighted by Gasteiger charge is 2.56. The van der Waals surface area contributed by atoms with E-state index in [1.807, 2.05) is 13.8 Å². The van der Waals surface area contributed by atoms with Crippen LogP contribution in [0.2, 0.25) is 0 Å². The van der Waals surface area contributed by atoms with Crippen molar-refractivity contribution in [1.29, 1.82) is 0 Å². The summed E-state index contributed by atoms with van der Waals surface area (Å²) in [6.45, 7) is 6.42. The van der Waals surface area contributed by atoms with Crippen LogP contribution in [-0.4, -0.2) is 31.1 Å². The fourth-order valence-corrected chi connectivity index (χ4v) is 2.24. The van der Waals surface area contributed by atoms with Gasteiger partial charge in [-0.25, -0.2) is 0 Å². The predicted molar refractivity (Wildman–Crippen MR) is 61.9 cm³/mol. The Morgan fingerprint density at radius 3 is 2.47 bits per heavy atom. The first-order valence-electron chi connectivity index (χ1n) is 5.26. The summed E-state index contributed by atoms with van der Waals surface area (Å²) in [6, 6.07) is 0. The maximum absolute atomic E-state index is 11.7. The Balaban J connectivity index is 0.00000112. The number of rotatable bonds is 3. The highest BCUT2D eigenvalue weighted by molar-refractivity contribution is 5.85. The van der Waals surface area contributed by atoms with Crippen LogP contribution in [-0.2, 0) is 4.79 Å². The first-order chi connectivity index (χ1) is 6.49. The Bertz CT molecular complexity index is 242. The molecule has 2 aliphatic rings. The third-order valence-corrected chi connectivity index (χ3v) is 3.11. The number of carbonyl (C=O) groups excluding carboxylic acids is 1. The molecule has 1 saturated carbocycles. The molecule has 5 heteroatoms. The molecule has 0 aromatic carbocycles. The molecule has 1 amide bonds. The van der Waals surface area contributed by atoms with E-state index < -0.39 is 0 Å². The van der Waals surface area contributed by atoms with Gasteiger partial charge in [-0.1, -0.05) is 0 Å². The molecular formula is C10H20ClN3O. The van der Waals surface area contributed by atoms with E-state index in [1.54, 1.807) is 0 Å². The molecule has 0 radical (unpaired) electrons. The summed E-state index contributed by atoms with van der Waals surface area (Å²) in [5.41, 5.74) is 5.49. The number of hydrogen-bond donors (Lipinski definition) is 3. The molecule has 1 aliphatic heterocycles. The van der Waals surface area contributed by atoms with Crippen molar-refractivity contribution in [2.75, 3.05) is 19.6 Å². The summed E-state index contributed by atoms with van der Waals surface area (Å²) >= 11 is 0. The topological polar surface area (TPSA) is 67.1 Å². The van der Waals surface area contributed by atoms with Gasteiger partial charge in [0.25, 0.3) is 0 Å². The molecule has 4 N–H and O–H groups in total. The van der Waals surface area contributed by atoms with Crippen molar-refractivity contribution in [3.8, 4) is 0 Å². The van der Waals surface area contributed by atoms with Crippen LogP contribution in [0.25, 0.3) is 0 Å². The van der Waals surface area contributed by atoms with Gasteiger partial charge in [0.2, 0.25) is 5.91 Å². The third-order valence-electron chi connectivity index (χ3n) is 3.11. The Morgan fingerprint density at radius 2 is 2.00 bits per heavy atom. The lowest BCUT2D eigenvalue weighted by Crippen LogP contribution is -2.46. The van der Waals surface area contributed by atoms with Crippen LogP contribution < -0.4 is 16.4 Å². The number of amides is 1. The van der Waals surface area contributed by atoms with E-state index in [4.69, 9.17) is 5.73 Å². The van der Waals surface area contributed by atoms with Gasteiger partial charge in [0, 0.05) is 18.0 Å². The van der Waals surface area contributed by atoms with Gasteiger partial charge in [-0.3, -0.25) is 4.79 Å². The van der Waals surface area contributed by atoms with E-state index in [0.717, 1.165) is 13.1 Å². The Labute approximate surface area is 96.8 Å². The number of nitrogens with one attached hydrogen (secondary N) is 2. The lowest BCUT2D eigenvalue weighted by Gasteiger charge is -2.19. The molecule has 4 nitrogen and oxygen atoms in total. The maximum atomic E-state index is 11.7. The van der Waals surface area contributed by atoms with Gasteiger partial charge >= 0.3 is 0 Å². The standard InChI is InChI=1S/C10H19N3O.ClH/c1-10(2,11)5-13-9(14)8-6-3-12-4-7(6)8;/h6-8,12H,3-5,11H2,1-2H3,(H,13,14);1H/t6-,7+,8?;. The van der Waals surface area contributed by atoms with Gasteiger partial charge in [-0.15, -0.1) is 12.4 Å². The average molecular weight is 234 g/mol. The molecule has 1 heterocycles. The number of fused-ring (bicyclic) bond motifs is 1. The number of carbonyl (C=O) groups is 1. The van der Waals surface area contributed by atoms with Gasteiger partial charge in [-0.2, -0.15) is 0 Å². The lowest BCUT2D eigenvalue weighted by molar-refractivity contribution is -0.123. The van der Waals surface area contributed by atoms with Crippen molar-refractivity contribution >= 4 is 18.3 Å². The molecule has 1 aliphatic carbocycles. The van der Waals surface area contributed by atoms with Crippen molar-refractivity contribution in [3.63, 3.8) is 0 Å². The third kappa shape index (κ3) is 2.83. The summed E-state index contributed by atoms with van der Waals surface area (Å²) in [5.74, 6) is 1.64. The van der Waals surface area contributed by atoms with Crippen molar-refractivity contribution in [2.45, 2.75) is 19.4 Å². The minimum Gasteiger partial charge on any atom is -0.354 e. The van der Waals surface area contributed by atoms with Gasteiger partial charge < -0.3 is 16.4 Å². The maximum Gasteiger partial charge on any atom is 0.223 e. The molecule has 0 spiro atoms. The van der Waals surface area contributed by atoms with Crippen molar-refractivity contribution in [1.82, 2.24) is 10.6 Å². The van der Waals surface area contributed by atoms with Crippen molar-refractivity contribution in [2.24, 2.45) is 23.5 Å². The van der Waals surface area contributed by atoms with Gasteiger partial charge in [0.05, 0.1) is 0 Å². The van der Waals surface area contributed by atoms with E-state index in [2.05, 4.69) is 10.6 Å². The number of nitrogens with two attached hydrogens (primary N) is 1. The molecule has 15 heavy (non-hydrogen) atoms. The van der Waals surface area contributed by atoms with E-state index in [1.165, 1.54) is 0 Å². The Kier molecular flexibility index (Phi) is 3.63. The summed E-state index contributed by atoms with van der Waals surface area (Å²) in [7, 11) is 0. The van der Waals surface area contributed by atoms with Crippen LogP contribution in [0.15, 0.2) is 0 Å². The summed E-state index contributed by atoms with van der Waals surface area (Å²) in [5, 5.41) is 6.20. The zero-order valence-corrected chi connectivity index (χ0v) is 10.1. The smallest absolute Gasteiger partial charge is 0.223 e. The first-order valence-corrected chi connectivity index (χ1v) is 5.26. The second-order valence-electron chi connectivity index (χ2n) is 5.22. The first kappa shape index (κ1) is 12.7. The van der Waals surface area contributed by atoms with Gasteiger partial charge in [0.15, 0.2) is 0 Å². The quantitative estimate of drug-likeness (QED) is 0.629. The molecule has 2 rings (SSSR count). The zero-order chi connectivity index (χ0) is 10.3. The summed E-state index contributed by atoms with van der Waals surface area (Å²) < 4.78 is 0. The number of hydrogen-bond acceptors (Lipinski definition) is 3. The van der Waals surface area contributed by atoms with Crippen LogP contribution >= 0.6 is 12.4 Å². The number of piperidine rings is 1. The fraction of sp³-hybridized carbons (Fsp3) is 0.900. The monoisotopic (exact) mass is 233 g/mol. The van der Waals surface area contributed by atoms with Crippen molar-refractivity contribution < 1.29 is 4.79 Å². The lowest BCUT2D eigenvalue weighted by atomic mass is 10.1. The largest absolute Gasteiger partial charge is 0.354 e. The van der Waals surface area contributed by atoms with Crippen LogP contribution in [0, 0.1) is 17.8 Å². The summed E-state index contributed by atoms with van der Waals surface area (Å²) in [6.07, 6.45) is 0. The molecular weight excluding hydrogens is 214 g/mol. The molecule has 0 bridgehead atoms. The molecule has 3 atom stereocenters. The van der Waals surface area contributed by atoms with Gasteiger partial charge in [0.1, 0.15) is 0 Å². The SMILES string of the molecule is CC(C)(N)CNC(=O)C1[C@H]2CNC[C@@H]12.Cl. The normalized spacial score (nSPS) is 32.9. The minimum atomic E-state index is -0.308. The summed E-state index contributed by atoms with van der Waals surface area (Å²) in [4.78, 5) is 11.7. The van der Waals surface area contributed by atoms with E-state index in [9.17, 15) is 4.79 Å². The highest BCUT2D eigenvalue weighted by Crippen LogP contribution is 2.48. The molecule has 88 valence electrons. The predicted octanol–water partition coefficient (Wildman–Crippen LogP) is -0.273. The second kappa shape index (κ2) is 4.28. The van der Waals surface area contributed by atoms with Crippen LogP contribution in [0.5, 0.6) is 0 Å². The zero-order valence-electron chi connectivity index (χ0n) is 9.25. The van der Waals surface area contributed by atoms with Gasteiger partial charge in [-0.05, 0) is 38.8 Å². The Morgan fingerprint density at radius 1 is 1.47 bits per heavy atom.